The monoisotopic (exact) mass is 644 g/mol. The Balaban J connectivity index is 0.000000499. The van der Waals surface area contributed by atoms with E-state index < -0.39 is 12.1 Å². The van der Waals surface area contributed by atoms with Crippen LogP contribution in [-0.4, -0.2) is 70.8 Å². The molecule has 47 heavy (non-hydrogen) atoms. The van der Waals surface area contributed by atoms with Crippen LogP contribution in [-0.2, 0) is 11.3 Å². The number of fused-ring (bicyclic) bond motifs is 1. The third-order valence-corrected chi connectivity index (χ3v) is 7.89. The summed E-state index contributed by atoms with van der Waals surface area (Å²) in [6.07, 6.45) is -1.24. The van der Waals surface area contributed by atoms with E-state index in [1.165, 1.54) is 17.7 Å². The Bertz CT molecular complexity index is 1960. The Morgan fingerprint density at radius 1 is 0.936 bits per heavy atom. The van der Waals surface area contributed by atoms with Crippen LogP contribution in [0.1, 0.15) is 30.1 Å². The molecule has 10 nitrogen and oxygen atoms in total. The molecule has 0 aliphatic carbocycles. The number of aromatic nitrogens is 7. The maximum absolute atomic E-state index is 13.6. The highest BCUT2D eigenvalue weighted by molar-refractivity contribution is 5.83. The number of halogens is 4. The number of carbonyl (C=O) groups is 1. The van der Waals surface area contributed by atoms with Crippen LogP contribution in [0, 0.1) is 5.82 Å². The molecule has 14 heteroatoms. The van der Waals surface area contributed by atoms with Crippen molar-refractivity contribution in [3.63, 3.8) is 0 Å². The van der Waals surface area contributed by atoms with Gasteiger partial charge in [-0.1, -0.05) is 54.6 Å². The molecule has 240 valence electrons. The normalized spacial score (nSPS) is 14.1. The molecule has 4 heterocycles. The number of H-pyrrole nitrogens is 2. The van der Waals surface area contributed by atoms with Crippen molar-refractivity contribution in [2.45, 2.75) is 31.5 Å². The second-order valence-corrected chi connectivity index (χ2v) is 11.1. The predicted octanol–water partition coefficient (Wildman–Crippen LogP) is 6.62. The Morgan fingerprint density at radius 2 is 1.66 bits per heavy atom. The number of alkyl halides is 3. The fourth-order valence-corrected chi connectivity index (χ4v) is 5.52. The summed E-state index contributed by atoms with van der Waals surface area (Å²) in [7, 11) is 0. The van der Waals surface area contributed by atoms with Gasteiger partial charge in [-0.2, -0.15) is 18.4 Å². The molecule has 0 amide bonds. The summed E-state index contributed by atoms with van der Waals surface area (Å²) >= 11 is 0. The van der Waals surface area contributed by atoms with Gasteiger partial charge in [-0.15, -0.1) is 10.2 Å². The first kappa shape index (κ1) is 31.5. The number of hydrogen-bond donors (Lipinski definition) is 3. The highest BCUT2D eigenvalue weighted by Crippen LogP contribution is 2.34. The van der Waals surface area contributed by atoms with Crippen LogP contribution in [0.2, 0.25) is 0 Å². The van der Waals surface area contributed by atoms with Crippen LogP contribution in [0.15, 0.2) is 85.1 Å². The molecule has 0 bridgehead atoms. The van der Waals surface area contributed by atoms with Crippen molar-refractivity contribution in [2.24, 2.45) is 0 Å². The lowest BCUT2D eigenvalue weighted by Gasteiger charge is -2.31. The van der Waals surface area contributed by atoms with E-state index in [2.05, 4.69) is 73.0 Å². The molecule has 0 radical (unpaired) electrons. The molecular formula is C33H28F4N8O2. The van der Waals surface area contributed by atoms with E-state index in [1.807, 2.05) is 18.2 Å². The number of benzene rings is 3. The van der Waals surface area contributed by atoms with Crippen molar-refractivity contribution in [3.05, 3.63) is 102 Å². The number of tetrazole rings is 1. The topological polar surface area (TPSA) is 137 Å². The summed E-state index contributed by atoms with van der Waals surface area (Å²) < 4.78 is 45.3. The Morgan fingerprint density at radius 3 is 2.32 bits per heavy atom. The predicted molar refractivity (Wildman–Crippen MR) is 165 cm³/mol. The van der Waals surface area contributed by atoms with Crippen molar-refractivity contribution < 1.29 is 27.5 Å². The molecule has 0 atom stereocenters. The van der Waals surface area contributed by atoms with Crippen molar-refractivity contribution in [3.8, 4) is 33.8 Å². The molecule has 3 aromatic heterocycles. The van der Waals surface area contributed by atoms with Crippen molar-refractivity contribution >= 4 is 17.0 Å². The summed E-state index contributed by atoms with van der Waals surface area (Å²) in [6, 6.07) is 25.7. The van der Waals surface area contributed by atoms with Crippen LogP contribution in [0.4, 0.5) is 17.6 Å². The zero-order chi connectivity index (χ0) is 33.0. The fraction of sp³-hybridized carbons (Fsp3) is 0.212. The number of piperidine rings is 1. The number of nitrogens with zero attached hydrogens (tertiary/aromatic N) is 6. The Labute approximate surface area is 265 Å². The largest absolute Gasteiger partial charge is 0.490 e. The molecule has 0 unspecified atom stereocenters. The van der Waals surface area contributed by atoms with Crippen molar-refractivity contribution in [2.75, 3.05) is 13.1 Å². The average Bonchev–Trinajstić information content (AvgIpc) is 3.76. The summed E-state index contributed by atoms with van der Waals surface area (Å²) in [5.74, 6) is -1.14. The smallest absolute Gasteiger partial charge is 0.475 e. The molecule has 3 aromatic carbocycles. The number of nitrogens with one attached hydrogen (secondary N) is 2. The van der Waals surface area contributed by atoms with Gasteiger partial charge in [0, 0.05) is 35.3 Å². The number of likely N-dealkylation sites (tertiary alicyclic amines) is 1. The quantitative estimate of drug-likeness (QED) is 0.172. The first-order chi connectivity index (χ1) is 22.6. The van der Waals surface area contributed by atoms with Gasteiger partial charge in [0.25, 0.3) is 0 Å². The molecule has 0 saturated carbocycles. The molecule has 0 spiro atoms. The van der Waals surface area contributed by atoms with Crippen molar-refractivity contribution in [1.82, 2.24) is 40.5 Å². The third kappa shape index (κ3) is 7.49. The van der Waals surface area contributed by atoms with Gasteiger partial charge in [0.05, 0.1) is 16.7 Å². The van der Waals surface area contributed by atoms with Gasteiger partial charge in [0.1, 0.15) is 11.6 Å². The summed E-state index contributed by atoms with van der Waals surface area (Å²) in [6.45, 7) is 2.89. The van der Waals surface area contributed by atoms with E-state index in [1.54, 1.807) is 12.3 Å². The van der Waals surface area contributed by atoms with Gasteiger partial charge in [-0.3, -0.25) is 9.88 Å². The molecule has 1 aliphatic heterocycles. The summed E-state index contributed by atoms with van der Waals surface area (Å²) in [5.41, 5.74) is 7.75. The first-order valence-electron chi connectivity index (χ1n) is 14.7. The molecule has 1 saturated heterocycles. The zero-order valence-corrected chi connectivity index (χ0v) is 24.7. The molecule has 1 aliphatic rings. The summed E-state index contributed by atoms with van der Waals surface area (Å²) in [5, 5.41) is 21.6. The molecule has 6 aromatic rings. The highest BCUT2D eigenvalue weighted by atomic mass is 19.4. The lowest BCUT2D eigenvalue weighted by molar-refractivity contribution is -0.192. The maximum atomic E-state index is 13.6. The van der Waals surface area contributed by atoms with Gasteiger partial charge in [0.15, 0.2) is 0 Å². The molecule has 3 N–H and O–H groups in total. The van der Waals surface area contributed by atoms with Gasteiger partial charge in [-0.25, -0.2) is 14.2 Å². The number of carboxylic acids is 1. The van der Waals surface area contributed by atoms with Crippen molar-refractivity contribution in [1.29, 1.82) is 0 Å². The number of aromatic amines is 2. The van der Waals surface area contributed by atoms with E-state index in [0.29, 0.717) is 11.7 Å². The zero-order valence-electron chi connectivity index (χ0n) is 24.7. The Hall–Kier alpha value is -5.50. The SMILES string of the molecule is Fc1ccc2nc(C3CCN(Cc4ccc(-c5ncc(-c6nn[nH]n6)cc5-c5ccccc5)cc4)CC3)[nH]c2c1.O=C(O)C(F)(F)F. The summed E-state index contributed by atoms with van der Waals surface area (Å²) in [4.78, 5) is 24.3. The standard InChI is InChI=1S/C31H27FN8.C2HF3O2/c32-25-10-11-27-28(17-25)35-30(34-27)23-12-14-40(15-13-23)19-20-6-8-22(9-7-20)29-26(21-4-2-1-3-5-21)16-24(18-33-29)31-36-38-39-37-31;3-2(4,5)1(6)7/h1-11,16-18,23H,12-15,19H2,(H,34,35)(H,36,37,38,39);(H,6,7). The van der Waals surface area contributed by atoms with E-state index in [4.69, 9.17) is 19.9 Å². The second kappa shape index (κ2) is 13.5. The van der Waals surface area contributed by atoms with Gasteiger partial charge in [0.2, 0.25) is 5.82 Å². The molecular weight excluding hydrogens is 616 g/mol. The van der Waals surface area contributed by atoms with Crippen LogP contribution in [0.3, 0.4) is 0 Å². The number of hydrogen-bond acceptors (Lipinski definition) is 7. The highest BCUT2D eigenvalue weighted by Gasteiger charge is 2.38. The van der Waals surface area contributed by atoms with E-state index in [9.17, 15) is 17.6 Å². The average molecular weight is 645 g/mol. The van der Waals surface area contributed by atoms with E-state index in [-0.39, 0.29) is 5.82 Å². The van der Waals surface area contributed by atoms with Crippen LogP contribution in [0.5, 0.6) is 0 Å². The van der Waals surface area contributed by atoms with Gasteiger partial charge >= 0.3 is 12.1 Å². The lowest BCUT2D eigenvalue weighted by Crippen LogP contribution is -2.32. The minimum atomic E-state index is -5.08. The van der Waals surface area contributed by atoms with E-state index >= 15 is 0 Å². The Kier molecular flexibility index (Phi) is 9.02. The van der Waals surface area contributed by atoms with E-state index in [0.717, 1.165) is 77.3 Å². The number of aliphatic carboxylic acids is 1. The first-order valence-corrected chi connectivity index (χ1v) is 14.7. The lowest BCUT2D eigenvalue weighted by atomic mass is 9.95. The fourth-order valence-electron chi connectivity index (χ4n) is 5.52. The minimum Gasteiger partial charge on any atom is -0.475 e. The van der Waals surface area contributed by atoms with Gasteiger partial charge in [-0.05, 0) is 66.5 Å². The van der Waals surface area contributed by atoms with Crippen LogP contribution < -0.4 is 0 Å². The number of carboxylic acid groups (broad SMARTS) is 1. The van der Waals surface area contributed by atoms with Crippen LogP contribution in [0.25, 0.3) is 44.8 Å². The molecule has 7 rings (SSSR count). The second-order valence-electron chi connectivity index (χ2n) is 11.1. The number of pyridine rings is 1. The number of imidazole rings is 1. The minimum absolute atomic E-state index is 0.239. The maximum Gasteiger partial charge on any atom is 0.490 e. The van der Waals surface area contributed by atoms with Crippen LogP contribution >= 0.6 is 0 Å². The van der Waals surface area contributed by atoms with Gasteiger partial charge < -0.3 is 10.1 Å². The number of rotatable bonds is 6. The molecule has 1 fully saturated rings. The third-order valence-electron chi connectivity index (χ3n) is 7.89.